The average molecular weight is 1230 g/mol. The number of ether oxygens (including phenoxy) is 10. The van der Waals surface area contributed by atoms with Crippen LogP contribution in [0.4, 0.5) is 101 Å². The summed E-state index contributed by atoms with van der Waals surface area (Å²) in [5.41, 5.74) is 0. The Balaban J connectivity index is -0.000000102. The van der Waals surface area contributed by atoms with E-state index >= 15 is 0 Å². The van der Waals surface area contributed by atoms with Gasteiger partial charge in [0.25, 0.3) is 0 Å². The summed E-state index contributed by atoms with van der Waals surface area (Å²) in [6, 6.07) is 0. The first-order chi connectivity index (χ1) is 33.9. The standard InChI is InChI=1S/C10H19F3O2.C7H9F7O2.C7H16O4.C5H9F3O3.C4H12OSi.C3H2F6O.C2H2F4.2CH4/c1-2-6-14-8-4-9-15-7-3-5-10(11,12)13;1-15-5(8,7(12,13)14)4-16-3-2-6(9,10)11;8-3-1-2-5-10-7-11-6-4-9;1-9-2-3-10-4-11-5(6,7)8;1-5-6(2,3)4;4-2(5,6)1-10-3(7,8)9;3-1-2(4,5)6;;/h2-9H2,1H3;2-4H2,1H3;8-9H,1-7H2;2-4H2,1H3;1-4H3;1H2;1H2;2*1H4. The van der Waals surface area contributed by atoms with Gasteiger partial charge >= 0.3 is 49.5 Å². The monoisotopic (exact) mass is 1230 g/mol. The Labute approximate surface area is 434 Å². The molecule has 0 aromatic carbocycles. The number of halogens is 23. The minimum atomic E-state index is -5.36. The summed E-state index contributed by atoms with van der Waals surface area (Å²) in [5, 5.41) is 16.7. The highest BCUT2D eigenvalue weighted by Gasteiger charge is 2.57. The SMILES string of the molecule is C.C.CCCOCCCOCCCC(F)(F)F.COC(F)(COCCC(F)(F)F)C(F)(F)F.COCCOCOC(F)(F)F.CO[Si](C)(C)C.FC(F)(F)COC(F)(F)F.FCC(F)(F)F.OCCCCOCOCCO. The lowest BCUT2D eigenvalue weighted by Crippen LogP contribution is -2.46. The highest BCUT2D eigenvalue weighted by molar-refractivity contribution is 6.69. The molecule has 0 fully saturated rings. The fraction of sp³-hybridized carbons (Fsp3) is 1.00. The van der Waals surface area contributed by atoms with Crippen molar-refractivity contribution < 1.29 is 163 Å². The van der Waals surface area contributed by atoms with Crippen molar-refractivity contribution in [3.63, 3.8) is 0 Å². The van der Waals surface area contributed by atoms with Gasteiger partial charge in [-0.3, -0.25) is 9.47 Å². The van der Waals surface area contributed by atoms with E-state index in [0.29, 0.717) is 33.5 Å². The zero-order chi connectivity index (χ0) is 60.5. The second-order valence-corrected chi connectivity index (χ2v) is 18.9. The second kappa shape index (κ2) is 53.4. The third-order valence-electron chi connectivity index (χ3n) is 6.24. The van der Waals surface area contributed by atoms with Gasteiger partial charge in [-0.25, -0.2) is 4.39 Å². The van der Waals surface area contributed by atoms with Crippen LogP contribution in [-0.2, 0) is 51.8 Å². The molecule has 0 spiro atoms. The fourth-order valence-electron chi connectivity index (χ4n) is 2.66. The first kappa shape index (κ1) is 94.4. The molecule has 0 aromatic rings. The van der Waals surface area contributed by atoms with Gasteiger partial charge in [-0.2, -0.15) is 70.2 Å². The fourth-order valence-corrected chi connectivity index (χ4v) is 2.66. The number of hydrogen-bond acceptors (Lipinski definition) is 13. The van der Waals surface area contributed by atoms with Crippen molar-refractivity contribution in [2.24, 2.45) is 0 Å². The van der Waals surface area contributed by atoms with Gasteiger partial charge in [-0.1, -0.05) is 21.8 Å². The van der Waals surface area contributed by atoms with Crippen LogP contribution in [0.5, 0.6) is 0 Å². The summed E-state index contributed by atoms with van der Waals surface area (Å²) < 4.78 is 307. The molecule has 2 N–H and O–H groups in total. The molecule has 0 radical (unpaired) electrons. The third-order valence-corrected chi connectivity index (χ3v) is 7.46. The Morgan fingerprint density at radius 3 is 1.18 bits per heavy atom. The highest BCUT2D eigenvalue weighted by Crippen LogP contribution is 2.35. The topological polar surface area (TPSA) is 142 Å². The summed E-state index contributed by atoms with van der Waals surface area (Å²) in [5.74, 6) is -4.08. The van der Waals surface area contributed by atoms with Crippen LogP contribution in [0.2, 0.25) is 19.6 Å². The summed E-state index contributed by atoms with van der Waals surface area (Å²) in [7, 11) is 2.51. The highest BCUT2D eigenvalue weighted by atomic mass is 28.4. The summed E-state index contributed by atoms with van der Waals surface area (Å²) in [6.07, 6.45) is -32.2. The van der Waals surface area contributed by atoms with Crippen molar-refractivity contribution in [3.8, 4) is 0 Å². The third kappa shape index (κ3) is 107. The number of aliphatic hydroxyl groups is 2. The Hall–Kier alpha value is -1.91. The van der Waals surface area contributed by atoms with E-state index in [4.69, 9.17) is 33.6 Å². The van der Waals surface area contributed by atoms with Gasteiger partial charge in [0.15, 0.2) is 28.4 Å². The number of aliphatic hydroxyl groups excluding tert-OH is 2. The van der Waals surface area contributed by atoms with E-state index in [1.807, 2.05) is 6.92 Å². The van der Waals surface area contributed by atoms with Crippen LogP contribution < -0.4 is 0 Å². The molecule has 0 rings (SSSR count). The molecule has 480 valence electrons. The molecule has 0 saturated heterocycles. The molecule has 0 amide bonds. The number of methoxy groups -OCH3 is 2. The van der Waals surface area contributed by atoms with Crippen LogP contribution in [0.1, 0.15) is 66.7 Å². The molecule has 1 atom stereocenters. The Bertz CT molecular complexity index is 1140. The predicted octanol–water partition coefficient (Wildman–Crippen LogP) is 13.2. The van der Waals surface area contributed by atoms with Gasteiger partial charge in [0, 0.05) is 67.4 Å². The normalized spacial score (nSPS) is 12.8. The van der Waals surface area contributed by atoms with Crippen molar-refractivity contribution in [3.05, 3.63) is 0 Å². The number of rotatable bonds is 29. The molecule has 0 saturated carbocycles. The largest absolute Gasteiger partial charge is 0.524 e. The number of unbranched alkanes of at least 4 members (excludes halogenated alkanes) is 1. The summed E-state index contributed by atoms with van der Waals surface area (Å²) in [4.78, 5) is 0. The van der Waals surface area contributed by atoms with E-state index in [0.717, 1.165) is 32.3 Å². The maximum absolute atomic E-state index is 12.9. The maximum atomic E-state index is 12.9. The number of alkyl halides is 23. The van der Waals surface area contributed by atoms with Crippen molar-refractivity contribution >= 4 is 8.32 Å². The minimum absolute atomic E-state index is 0. The average Bonchev–Trinajstić information content (AvgIpc) is 3.25. The molecule has 77 heavy (non-hydrogen) atoms. The molecule has 0 heterocycles. The Morgan fingerprint density at radius 1 is 0.416 bits per heavy atom. The first-order valence-corrected chi connectivity index (χ1v) is 24.6. The Kier molecular flexibility index (Phi) is 65.4. The van der Waals surface area contributed by atoms with E-state index in [9.17, 15) is 101 Å². The van der Waals surface area contributed by atoms with Gasteiger partial charge in [0.05, 0.1) is 39.5 Å². The van der Waals surface area contributed by atoms with E-state index in [2.05, 4.69) is 48.1 Å². The first-order valence-electron chi connectivity index (χ1n) is 21.2. The lowest BCUT2D eigenvalue weighted by Gasteiger charge is -2.25. The summed E-state index contributed by atoms with van der Waals surface area (Å²) in [6.45, 7) is 4.22. The molecule has 1 unspecified atom stereocenters. The van der Waals surface area contributed by atoms with Crippen molar-refractivity contribution in [1.29, 1.82) is 0 Å². The molecule has 0 aliphatic carbocycles. The van der Waals surface area contributed by atoms with E-state index < -0.39 is 104 Å². The van der Waals surface area contributed by atoms with E-state index in [1.54, 1.807) is 7.11 Å². The van der Waals surface area contributed by atoms with Gasteiger partial charge < -0.3 is 52.5 Å². The van der Waals surface area contributed by atoms with Gasteiger partial charge in [0.1, 0.15) is 13.4 Å². The van der Waals surface area contributed by atoms with E-state index in [-0.39, 0.29) is 61.1 Å². The molecule has 0 aromatic heterocycles. The minimum Gasteiger partial charge on any atom is -0.421 e. The second-order valence-electron chi connectivity index (χ2n) is 14.3. The molecule has 0 aliphatic rings. The maximum Gasteiger partial charge on any atom is 0.524 e. The molecule has 37 heteroatoms. The van der Waals surface area contributed by atoms with Crippen LogP contribution in [0, 0.1) is 0 Å². The van der Waals surface area contributed by atoms with E-state index in [1.165, 1.54) is 7.11 Å². The molecule has 0 bridgehead atoms. The zero-order valence-corrected chi connectivity index (χ0v) is 42.8. The molecular formula is C40H77F23O13Si. The molecular weight excluding hydrogens is 1150 g/mol. The van der Waals surface area contributed by atoms with Crippen LogP contribution in [-0.4, -0.2) is 195 Å². The van der Waals surface area contributed by atoms with Crippen molar-refractivity contribution in [1.82, 2.24) is 0 Å². The van der Waals surface area contributed by atoms with Gasteiger partial charge in [0.2, 0.25) is 0 Å². The quantitative estimate of drug-likeness (QED) is 0.0318. The van der Waals surface area contributed by atoms with Gasteiger partial charge in [-0.05, 0) is 51.7 Å². The molecule has 13 nitrogen and oxygen atoms in total. The molecule has 0 aliphatic heterocycles. The van der Waals surface area contributed by atoms with Crippen LogP contribution in [0.3, 0.4) is 0 Å². The van der Waals surface area contributed by atoms with Crippen LogP contribution in [0.15, 0.2) is 0 Å². The predicted molar refractivity (Wildman–Crippen MR) is 234 cm³/mol. The Morgan fingerprint density at radius 2 is 0.844 bits per heavy atom. The van der Waals surface area contributed by atoms with Crippen molar-refractivity contribution in [2.45, 2.75) is 136 Å². The zero-order valence-electron chi connectivity index (χ0n) is 41.8. The van der Waals surface area contributed by atoms with Crippen molar-refractivity contribution in [2.75, 3.05) is 127 Å². The number of hydrogen-bond donors (Lipinski definition) is 2. The lowest BCUT2D eigenvalue weighted by molar-refractivity contribution is -0.352. The smallest absolute Gasteiger partial charge is 0.421 e. The van der Waals surface area contributed by atoms with Crippen LogP contribution in [0.25, 0.3) is 0 Å². The lowest BCUT2D eigenvalue weighted by atomic mass is 10.3. The van der Waals surface area contributed by atoms with Crippen LogP contribution >= 0.6 is 0 Å². The van der Waals surface area contributed by atoms with Gasteiger partial charge in [-0.15, -0.1) is 26.3 Å². The summed E-state index contributed by atoms with van der Waals surface area (Å²) >= 11 is 0.